The van der Waals surface area contributed by atoms with Gasteiger partial charge < -0.3 is 4.74 Å². The first kappa shape index (κ1) is 19.6. The van der Waals surface area contributed by atoms with Gasteiger partial charge in [0.05, 0.1) is 0 Å². The number of nitrogens with zero attached hydrogens (tertiary/aromatic N) is 2. The highest BCUT2D eigenvalue weighted by atomic mass is 16.5. The van der Waals surface area contributed by atoms with Crippen LogP contribution in [-0.4, -0.2) is 36.2 Å². The molecule has 0 amide bonds. The van der Waals surface area contributed by atoms with Crippen molar-refractivity contribution >= 4 is 0 Å². The summed E-state index contributed by atoms with van der Waals surface area (Å²) < 4.78 is 5.56. The minimum absolute atomic E-state index is 0.225. The van der Waals surface area contributed by atoms with Crippen LogP contribution in [0, 0.1) is 19.8 Å². The van der Waals surface area contributed by atoms with Crippen LogP contribution in [0.5, 0.6) is 0 Å². The summed E-state index contributed by atoms with van der Waals surface area (Å²) in [5.74, 6) is 0.784. The highest BCUT2D eigenvalue weighted by Crippen LogP contribution is 2.36. The molecule has 3 heterocycles. The van der Waals surface area contributed by atoms with Crippen LogP contribution in [0.1, 0.15) is 55.6 Å². The molecule has 0 radical (unpaired) electrons. The monoisotopic (exact) mass is 378 g/mol. The van der Waals surface area contributed by atoms with E-state index in [1.807, 2.05) is 0 Å². The highest BCUT2D eigenvalue weighted by molar-refractivity contribution is 5.66. The molecule has 1 aromatic carbocycles. The van der Waals surface area contributed by atoms with Crippen molar-refractivity contribution in [2.45, 2.75) is 58.9 Å². The molecule has 0 atom stereocenters. The summed E-state index contributed by atoms with van der Waals surface area (Å²) in [6.45, 7) is 14.3. The zero-order valence-corrected chi connectivity index (χ0v) is 17.9. The van der Waals surface area contributed by atoms with Gasteiger partial charge in [-0.05, 0) is 91.4 Å². The van der Waals surface area contributed by atoms with Crippen LogP contribution < -0.4 is 0 Å². The molecule has 2 aliphatic heterocycles. The Hall–Kier alpha value is -1.71. The topological polar surface area (TPSA) is 25.4 Å². The van der Waals surface area contributed by atoms with Crippen LogP contribution in [-0.2, 0) is 16.7 Å². The van der Waals surface area contributed by atoms with Gasteiger partial charge in [0.15, 0.2) is 0 Å². The summed E-state index contributed by atoms with van der Waals surface area (Å²) >= 11 is 0. The molecule has 2 aromatic rings. The van der Waals surface area contributed by atoms with Gasteiger partial charge in [0, 0.05) is 37.7 Å². The van der Waals surface area contributed by atoms with Gasteiger partial charge in [0.1, 0.15) is 0 Å². The molecule has 0 unspecified atom stereocenters. The maximum Gasteiger partial charge on any atom is 0.0469 e. The summed E-state index contributed by atoms with van der Waals surface area (Å²) in [5.41, 5.74) is 8.02. The SMILES string of the molecule is Cc1cc(-c2ccc3c(c2)CN(CC2CCOCC2)CCC3(C)C)cc(C)n1. The van der Waals surface area contributed by atoms with Crippen LogP contribution in [0.4, 0.5) is 0 Å². The summed E-state index contributed by atoms with van der Waals surface area (Å²) in [5, 5.41) is 0. The van der Waals surface area contributed by atoms with E-state index in [1.54, 1.807) is 0 Å². The Labute approximate surface area is 170 Å². The number of aryl methyl sites for hydroxylation is 2. The van der Waals surface area contributed by atoms with Crippen molar-refractivity contribution in [1.29, 1.82) is 0 Å². The van der Waals surface area contributed by atoms with Gasteiger partial charge in [0.25, 0.3) is 0 Å². The van der Waals surface area contributed by atoms with E-state index in [2.05, 4.69) is 67.9 Å². The van der Waals surface area contributed by atoms with Crippen LogP contribution in [0.2, 0.25) is 0 Å². The maximum atomic E-state index is 5.56. The first-order valence-corrected chi connectivity index (χ1v) is 10.8. The van der Waals surface area contributed by atoms with Crippen molar-refractivity contribution in [3.05, 3.63) is 52.8 Å². The van der Waals surface area contributed by atoms with Crippen molar-refractivity contribution in [2.75, 3.05) is 26.3 Å². The van der Waals surface area contributed by atoms with Gasteiger partial charge in [0.2, 0.25) is 0 Å². The standard InChI is InChI=1S/C25H34N2O/c1-18-13-22(14-19(2)26-18)21-5-6-24-23(15-21)17-27(10-9-25(24,3)4)16-20-7-11-28-12-8-20/h5-6,13-15,20H,7-12,16-17H2,1-4H3. The van der Waals surface area contributed by atoms with Crippen LogP contribution in [0.25, 0.3) is 11.1 Å². The summed E-state index contributed by atoms with van der Waals surface area (Å²) in [4.78, 5) is 7.23. The molecule has 2 aliphatic rings. The maximum absolute atomic E-state index is 5.56. The van der Waals surface area contributed by atoms with E-state index < -0.39 is 0 Å². The molecular weight excluding hydrogens is 344 g/mol. The summed E-state index contributed by atoms with van der Waals surface area (Å²) in [6, 6.07) is 11.5. The minimum Gasteiger partial charge on any atom is -0.381 e. The van der Waals surface area contributed by atoms with E-state index in [-0.39, 0.29) is 5.41 Å². The number of hydrogen-bond donors (Lipinski definition) is 0. The zero-order valence-electron chi connectivity index (χ0n) is 17.9. The van der Waals surface area contributed by atoms with Crippen molar-refractivity contribution in [3.63, 3.8) is 0 Å². The van der Waals surface area contributed by atoms with Gasteiger partial charge in [-0.15, -0.1) is 0 Å². The Morgan fingerprint density at radius 3 is 2.46 bits per heavy atom. The van der Waals surface area contributed by atoms with E-state index in [1.165, 1.54) is 54.6 Å². The largest absolute Gasteiger partial charge is 0.381 e. The first-order chi connectivity index (χ1) is 13.4. The van der Waals surface area contributed by atoms with Crippen LogP contribution >= 0.6 is 0 Å². The normalized spacial score (nSPS) is 20.6. The Morgan fingerprint density at radius 2 is 1.75 bits per heavy atom. The zero-order chi connectivity index (χ0) is 19.7. The number of benzene rings is 1. The second-order valence-electron chi connectivity index (χ2n) is 9.44. The second-order valence-corrected chi connectivity index (χ2v) is 9.44. The fraction of sp³-hybridized carbons (Fsp3) is 0.560. The third-order valence-corrected chi connectivity index (χ3v) is 6.55. The fourth-order valence-electron chi connectivity index (χ4n) is 4.91. The van der Waals surface area contributed by atoms with E-state index in [0.717, 1.165) is 37.1 Å². The van der Waals surface area contributed by atoms with Gasteiger partial charge >= 0.3 is 0 Å². The van der Waals surface area contributed by atoms with Gasteiger partial charge in [-0.25, -0.2) is 0 Å². The van der Waals surface area contributed by atoms with Crippen LogP contribution in [0.3, 0.4) is 0 Å². The molecule has 0 spiro atoms. The predicted molar refractivity (Wildman–Crippen MR) is 116 cm³/mol. The number of hydrogen-bond acceptors (Lipinski definition) is 3. The van der Waals surface area contributed by atoms with E-state index in [0.29, 0.717) is 0 Å². The third kappa shape index (κ3) is 4.31. The molecule has 0 saturated carbocycles. The van der Waals surface area contributed by atoms with Crippen molar-refractivity contribution in [1.82, 2.24) is 9.88 Å². The highest BCUT2D eigenvalue weighted by Gasteiger charge is 2.30. The molecule has 1 aromatic heterocycles. The lowest BCUT2D eigenvalue weighted by Crippen LogP contribution is -2.33. The molecular formula is C25H34N2O. The molecule has 1 fully saturated rings. The predicted octanol–water partition coefficient (Wildman–Crippen LogP) is 5.28. The number of rotatable bonds is 3. The Morgan fingerprint density at radius 1 is 1.04 bits per heavy atom. The summed E-state index contributed by atoms with van der Waals surface area (Å²) in [7, 11) is 0. The van der Waals surface area contributed by atoms with E-state index in [4.69, 9.17) is 4.74 Å². The first-order valence-electron chi connectivity index (χ1n) is 10.8. The number of aromatic nitrogens is 1. The number of fused-ring (bicyclic) bond motifs is 1. The van der Waals surface area contributed by atoms with E-state index >= 15 is 0 Å². The Balaban J connectivity index is 1.64. The molecule has 0 N–H and O–H groups in total. The molecule has 28 heavy (non-hydrogen) atoms. The Bertz CT molecular complexity index is 816. The lowest BCUT2D eigenvalue weighted by atomic mass is 9.79. The quantitative estimate of drug-likeness (QED) is 0.727. The number of ether oxygens (including phenoxy) is 1. The minimum atomic E-state index is 0.225. The van der Waals surface area contributed by atoms with Gasteiger partial charge in [-0.3, -0.25) is 9.88 Å². The van der Waals surface area contributed by atoms with Crippen molar-refractivity contribution < 1.29 is 4.74 Å². The lowest BCUT2D eigenvalue weighted by Gasteiger charge is -2.29. The fourth-order valence-corrected chi connectivity index (χ4v) is 4.91. The third-order valence-electron chi connectivity index (χ3n) is 6.55. The lowest BCUT2D eigenvalue weighted by molar-refractivity contribution is 0.0511. The molecule has 3 heteroatoms. The molecule has 150 valence electrons. The van der Waals surface area contributed by atoms with Gasteiger partial charge in [-0.2, -0.15) is 0 Å². The van der Waals surface area contributed by atoms with Crippen molar-refractivity contribution in [2.24, 2.45) is 5.92 Å². The second kappa shape index (κ2) is 7.96. The van der Waals surface area contributed by atoms with Crippen molar-refractivity contribution in [3.8, 4) is 11.1 Å². The van der Waals surface area contributed by atoms with Gasteiger partial charge in [-0.1, -0.05) is 26.0 Å². The molecule has 0 bridgehead atoms. The average molecular weight is 379 g/mol. The molecule has 0 aliphatic carbocycles. The van der Waals surface area contributed by atoms with Crippen LogP contribution in [0.15, 0.2) is 30.3 Å². The molecule has 1 saturated heterocycles. The molecule has 3 nitrogen and oxygen atoms in total. The number of pyridine rings is 1. The summed E-state index contributed by atoms with van der Waals surface area (Å²) in [6.07, 6.45) is 3.64. The Kier molecular flexibility index (Phi) is 5.57. The molecule has 4 rings (SSSR count). The smallest absolute Gasteiger partial charge is 0.0469 e. The average Bonchev–Trinajstić information content (AvgIpc) is 2.78. The van der Waals surface area contributed by atoms with E-state index in [9.17, 15) is 0 Å².